The topological polar surface area (TPSA) is 335 Å². The van der Waals surface area contributed by atoms with Crippen molar-refractivity contribution in [1.29, 1.82) is 0 Å². The van der Waals surface area contributed by atoms with Crippen LogP contribution < -0.4 is 20.1 Å². The van der Waals surface area contributed by atoms with Crippen molar-refractivity contribution in [3.63, 3.8) is 0 Å². The number of rotatable bonds is 17. The molecule has 10 rings (SSSR count). The molecule has 0 aliphatic carbocycles. The number of imide groups is 1. The van der Waals surface area contributed by atoms with Crippen molar-refractivity contribution in [2.45, 2.75) is 32.9 Å². The largest absolute Gasteiger partial charge is 0.478 e. The van der Waals surface area contributed by atoms with Crippen LogP contribution in [0.25, 0.3) is 0 Å². The Morgan fingerprint density at radius 3 is 1.28 bits per heavy atom. The predicted octanol–water partition coefficient (Wildman–Crippen LogP) is 9.86. The number of hydrogen-bond acceptors (Lipinski definition) is 13. The molecule has 0 aromatic heterocycles. The Morgan fingerprint density at radius 1 is 0.432 bits per heavy atom. The number of carbonyl (C=O) groups excluding carboxylic acids is 6. The zero-order chi connectivity index (χ0) is 63.8. The predicted molar refractivity (Wildman–Crippen MR) is 317 cm³/mol. The highest BCUT2D eigenvalue weighted by atomic mass is 35.5. The van der Waals surface area contributed by atoms with Crippen molar-refractivity contribution in [3.05, 3.63) is 270 Å². The van der Waals surface area contributed by atoms with Gasteiger partial charge in [-0.15, -0.1) is 0 Å². The van der Waals surface area contributed by atoms with Gasteiger partial charge in [0.25, 0.3) is 23.6 Å². The number of aryl methyl sites for hydroxylation is 1. The number of carbonyl (C=O) groups is 11. The lowest BCUT2D eigenvalue weighted by Gasteiger charge is -2.08. The van der Waals surface area contributed by atoms with E-state index in [0.29, 0.717) is 33.2 Å². The zero-order valence-corrected chi connectivity index (χ0v) is 47.4. The first-order valence-corrected chi connectivity index (χ1v) is 26.7. The van der Waals surface area contributed by atoms with E-state index >= 15 is 0 Å². The first kappa shape index (κ1) is 64.0. The number of amides is 4. The van der Waals surface area contributed by atoms with Crippen LogP contribution in [0, 0.1) is 6.92 Å². The van der Waals surface area contributed by atoms with Crippen LogP contribution in [0.1, 0.15) is 142 Å². The van der Waals surface area contributed by atoms with E-state index in [9.17, 15) is 52.7 Å². The number of nitrogens with zero attached hydrogens (tertiary/aromatic N) is 1. The summed E-state index contributed by atoms with van der Waals surface area (Å²) in [6.07, 6.45) is 0.0764. The number of Topliss-reactive ketones (excluding diaryl/α,β-unsaturated/α-hetero) is 2. The van der Waals surface area contributed by atoms with Crippen molar-refractivity contribution in [3.8, 4) is 11.5 Å². The standard InChI is InChI=1S/C18H13NO5.C16H13ClO3.2C16H13NO5/c1-19-16(21)12-7-6-10(8-14(12)17(19)22)9-15(20)11-4-2-3-5-13(11)18(23)24;1-10-6-7-11(8-14(10)17)9-15(18)12-4-2-3-5-13(12)16(19)20;18-15(11-3-1-2-4-12(11)16(19)20)17-8-10-5-6-13-14(7-10)22-9-21-13;18-14(12-3-1-2-4-13(12)16(21)22)17-9-10-5-7-11(8-6-10)15(19)20/h2-8H,9H2,1H3,(H,23,24);2-8H,9H2,1H3,(H,19,20);1-7H,8-9H2,(H,17,18)(H,19,20);1-8H,9H2,(H,17,18)(H,19,20)(H,21,22). The number of benzene rings is 8. The number of ether oxygens (including phenoxy) is 2. The molecule has 88 heavy (non-hydrogen) atoms. The second-order valence-corrected chi connectivity index (χ2v) is 19.7. The number of aromatic carboxylic acids is 5. The van der Waals surface area contributed by atoms with Gasteiger partial charge in [-0.3, -0.25) is 33.7 Å². The van der Waals surface area contributed by atoms with Crippen LogP contribution in [0.2, 0.25) is 5.02 Å². The van der Waals surface area contributed by atoms with Crippen molar-refractivity contribution in [1.82, 2.24) is 15.5 Å². The van der Waals surface area contributed by atoms with Crippen LogP contribution in [-0.2, 0) is 25.9 Å². The van der Waals surface area contributed by atoms with Crippen LogP contribution >= 0.6 is 11.6 Å². The molecule has 21 nitrogen and oxygen atoms in total. The van der Waals surface area contributed by atoms with Crippen molar-refractivity contribution < 1.29 is 87.7 Å². The molecule has 22 heteroatoms. The maximum absolute atomic E-state index is 12.4. The molecular formula is C66H52ClN3O18. The molecule has 0 saturated carbocycles. The van der Waals surface area contributed by atoms with Gasteiger partial charge in [-0.05, 0) is 114 Å². The monoisotopic (exact) mass is 1210 g/mol. The van der Waals surface area contributed by atoms with Crippen molar-refractivity contribution in [2.75, 3.05) is 13.8 Å². The fourth-order valence-corrected chi connectivity index (χ4v) is 8.96. The van der Waals surface area contributed by atoms with E-state index in [0.717, 1.165) is 21.6 Å². The highest BCUT2D eigenvalue weighted by molar-refractivity contribution is 6.31. The molecule has 2 heterocycles. The average molecular weight is 1210 g/mol. The molecule has 4 amide bonds. The molecule has 2 aliphatic rings. The maximum atomic E-state index is 12.4. The van der Waals surface area contributed by atoms with Gasteiger partial charge in [0.15, 0.2) is 23.1 Å². The fourth-order valence-electron chi connectivity index (χ4n) is 8.76. The Morgan fingerprint density at radius 2 is 0.818 bits per heavy atom. The molecule has 0 saturated heterocycles. The van der Waals surface area contributed by atoms with Crippen molar-refractivity contribution >= 4 is 76.6 Å². The Bertz CT molecular complexity index is 4080. The summed E-state index contributed by atoms with van der Waals surface area (Å²) in [5, 5.41) is 51.1. The summed E-state index contributed by atoms with van der Waals surface area (Å²) in [6, 6.07) is 45.7. The molecular weight excluding hydrogens is 1160 g/mol. The Balaban J connectivity index is 0.000000168. The summed E-state index contributed by atoms with van der Waals surface area (Å²) in [7, 11) is 1.40. The third-order valence-corrected chi connectivity index (χ3v) is 13.8. The molecule has 0 fully saturated rings. The molecule has 0 radical (unpaired) electrons. The number of ketones is 2. The molecule has 7 N–H and O–H groups in total. The van der Waals surface area contributed by atoms with E-state index in [1.807, 2.05) is 25.1 Å². The quantitative estimate of drug-likeness (QED) is 0.0329. The van der Waals surface area contributed by atoms with Gasteiger partial charge in [-0.25, -0.2) is 24.0 Å². The number of halogens is 1. The summed E-state index contributed by atoms with van der Waals surface area (Å²) >= 11 is 6.02. The minimum absolute atomic E-state index is 0.0225. The first-order chi connectivity index (χ1) is 42.0. The van der Waals surface area contributed by atoms with E-state index in [2.05, 4.69) is 10.6 Å². The van der Waals surface area contributed by atoms with E-state index in [4.69, 9.17) is 46.6 Å². The lowest BCUT2D eigenvalue weighted by molar-refractivity contribution is 0.0679. The van der Waals surface area contributed by atoms with E-state index in [1.54, 1.807) is 84.9 Å². The Hall–Kier alpha value is -11.6. The highest BCUT2D eigenvalue weighted by Gasteiger charge is 2.33. The van der Waals surface area contributed by atoms with Gasteiger partial charge in [0.05, 0.1) is 50.1 Å². The smallest absolute Gasteiger partial charge is 0.336 e. The number of nitrogens with one attached hydrogen (secondary N) is 2. The van der Waals surface area contributed by atoms with Crippen LogP contribution in [0.4, 0.5) is 0 Å². The molecule has 2 aliphatic heterocycles. The molecule has 446 valence electrons. The fraction of sp³-hybridized carbons (Fsp3) is 0.106. The number of carboxylic acids is 5. The third kappa shape index (κ3) is 16.2. The van der Waals surface area contributed by atoms with Gasteiger partial charge >= 0.3 is 29.8 Å². The van der Waals surface area contributed by atoms with Crippen LogP contribution in [0.15, 0.2) is 176 Å². The minimum Gasteiger partial charge on any atom is -0.478 e. The third-order valence-electron chi connectivity index (χ3n) is 13.4. The van der Waals surface area contributed by atoms with Gasteiger partial charge in [0.2, 0.25) is 6.79 Å². The lowest BCUT2D eigenvalue weighted by Crippen LogP contribution is -2.24. The number of hydrogen-bond donors (Lipinski definition) is 7. The SMILES string of the molecule is CN1C(=O)c2ccc(CC(=O)c3ccccc3C(=O)O)cc2C1=O.Cc1ccc(CC(=O)c2ccccc2C(=O)O)cc1Cl.O=C(O)c1ccc(CNC(=O)c2ccccc2C(=O)O)cc1.O=C(O)c1ccccc1C(=O)NCc1ccc2c(c1)OCO2. The van der Waals surface area contributed by atoms with Gasteiger partial charge in [0.1, 0.15) is 0 Å². The van der Waals surface area contributed by atoms with E-state index < -0.39 is 47.6 Å². The molecule has 0 bridgehead atoms. The summed E-state index contributed by atoms with van der Waals surface area (Å²) < 4.78 is 10.5. The van der Waals surface area contributed by atoms with Gasteiger partial charge < -0.3 is 45.6 Å². The highest BCUT2D eigenvalue weighted by Crippen LogP contribution is 2.32. The van der Waals surface area contributed by atoms with Crippen LogP contribution in [0.3, 0.4) is 0 Å². The minimum atomic E-state index is -1.17. The molecule has 0 spiro atoms. The van der Waals surface area contributed by atoms with Gasteiger partial charge in [-0.1, -0.05) is 109 Å². The van der Waals surface area contributed by atoms with Gasteiger partial charge in [0, 0.05) is 49.1 Å². The van der Waals surface area contributed by atoms with Crippen LogP contribution in [-0.4, -0.2) is 109 Å². The van der Waals surface area contributed by atoms with E-state index in [-0.39, 0.29) is 106 Å². The Kier molecular flexibility index (Phi) is 21.3. The summed E-state index contributed by atoms with van der Waals surface area (Å²) in [5.74, 6) is -6.59. The summed E-state index contributed by atoms with van der Waals surface area (Å²) in [6.45, 7) is 2.51. The van der Waals surface area contributed by atoms with Gasteiger partial charge in [-0.2, -0.15) is 0 Å². The second-order valence-electron chi connectivity index (χ2n) is 19.3. The molecule has 8 aromatic carbocycles. The second kappa shape index (κ2) is 29.3. The first-order valence-electron chi connectivity index (χ1n) is 26.4. The van der Waals surface area contributed by atoms with Crippen LogP contribution in [0.5, 0.6) is 11.5 Å². The summed E-state index contributed by atoms with van der Waals surface area (Å²) in [5.41, 5.74) is 4.97. The summed E-state index contributed by atoms with van der Waals surface area (Å²) in [4.78, 5) is 129. The number of carboxylic acid groups (broad SMARTS) is 5. The Labute approximate surface area is 506 Å². The molecule has 8 aromatic rings. The lowest BCUT2D eigenvalue weighted by atomic mass is 9.96. The molecule has 0 unspecified atom stereocenters. The normalized spacial score (nSPS) is 11.4. The zero-order valence-electron chi connectivity index (χ0n) is 46.6. The average Bonchev–Trinajstić information content (AvgIpc) is 4.12. The molecule has 0 atom stereocenters. The van der Waals surface area contributed by atoms with Crippen molar-refractivity contribution in [2.24, 2.45) is 0 Å². The number of fused-ring (bicyclic) bond motifs is 2. The van der Waals surface area contributed by atoms with E-state index in [1.165, 1.54) is 79.8 Å². The maximum Gasteiger partial charge on any atom is 0.336 e.